The summed E-state index contributed by atoms with van der Waals surface area (Å²) in [6, 6.07) is 12.8. The van der Waals surface area contributed by atoms with E-state index >= 15 is 0 Å². The lowest BCUT2D eigenvalue weighted by molar-refractivity contribution is -0.123. The van der Waals surface area contributed by atoms with Crippen molar-refractivity contribution in [3.63, 3.8) is 0 Å². The van der Waals surface area contributed by atoms with Crippen LogP contribution in [0.25, 0.3) is 0 Å². The highest BCUT2D eigenvalue weighted by Crippen LogP contribution is 2.29. The first-order chi connectivity index (χ1) is 12.5. The number of nitriles is 1. The molecule has 0 radical (unpaired) electrons. The molecule has 0 saturated heterocycles. The molecule has 0 heterocycles. The van der Waals surface area contributed by atoms with Crippen LogP contribution in [0.3, 0.4) is 0 Å². The minimum absolute atomic E-state index is 0.0849. The third-order valence-electron chi connectivity index (χ3n) is 3.27. The van der Waals surface area contributed by atoms with Crippen molar-refractivity contribution in [2.45, 2.75) is 13.2 Å². The molecule has 2 aromatic rings. The number of ether oxygens (including phenoxy) is 3. The highest BCUT2D eigenvalue weighted by molar-refractivity contribution is 5.77. The molecule has 2 aromatic carbocycles. The molecular weight excluding hydrogens is 346 g/mol. The van der Waals surface area contributed by atoms with Crippen LogP contribution in [0, 0.1) is 11.3 Å². The number of hydrogen-bond donors (Lipinski definition) is 1. The van der Waals surface area contributed by atoms with Gasteiger partial charge >= 0.3 is 6.61 Å². The van der Waals surface area contributed by atoms with Crippen LogP contribution in [0.15, 0.2) is 42.5 Å². The molecule has 0 aliphatic rings. The Morgan fingerprint density at radius 3 is 2.73 bits per heavy atom. The molecule has 0 fully saturated rings. The number of benzene rings is 2. The first-order valence-electron chi connectivity index (χ1n) is 7.53. The van der Waals surface area contributed by atoms with Crippen LogP contribution in [0.1, 0.15) is 11.1 Å². The fraction of sp³-hybridized carbons (Fsp3) is 0.222. The van der Waals surface area contributed by atoms with Crippen LogP contribution < -0.4 is 19.5 Å². The Kier molecular flexibility index (Phi) is 6.74. The van der Waals surface area contributed by atoms with E-state index < -0.39 is 6.61 Å². The zero-order chi connectivity index (χ0) is 18.9. The maximum absolute atomic E-state index is 12.3. The molecule has 0 aliphatic heterocycles. The Bertz CT molecular complexity index is 806. The Morgan fingerprint density at radius 2 is 2.04 bits per heavy atom. The highest BCUT2D eigenvalue weighted by Gasteiger charge is 2.11. The van der Waals surface area contributed by atoms with Crippen molar-refractivity contribution in [2.75, 3.05) is 13.7 Å². The summed E-state index contributed by atoms with van der Waals surface area (Å²) in [5.74, 6) is 0.0912. The van der Waals surface area contributed by atoms with Gasteiger partial charge in [-0.15, -0.1) is 0 Å². The van der Waals surface area contributed by atoms with Gasteiger partial charge in [0.2, 0.25) is 0 Å². The minimum atomic E-state index is -2.95. The summed E-state index contributed by atoms with van der Waals surface area (Å²) < 4.78 is 39.2. The summed E-state index contributed by atoms with van der Waals surface area (Å²) >= 11 is 0. The molecule has 2 rings (SSSR count). The predicted molar refractivity (Wildman–Crippen MR) is 88.1 cm³/mol. The van der Waals surface area contributed by atoms with E-state index in [2.05, 4.69) is 10.1 Å². The zero-order valence-corrected chi connectivity index (χ0v) is 13.9. The molecule has 0 spiro atoms. The Hall–Kier alpha value is -3.34. The number of nitrogens with one attached hydrogen (secondary N) is 1. The Morgan fingerprint density at radius 1 is 1.23 bits per heavy atom. The Balaban J connectivity index is 1.87. The van der Waals surface area contributed by atoms with E-state index in [0.717, 1.165) is 0 Å². The number of nitrogens with zero attached hydrogens (tertiary/aromatic N) is 1. The lowest BCUT2D eigenvalue weighted by Gasteiger charge is -2.12. The molecule has 0 bridgehead atoms. The molecule has 0 unspecified atom stereocenters. The molecule has 26 heavy (non-hydrogen) atoms. The first-order valence-corrected chi connectivity index (χ1v) is 7.53. The minimum Gasteiger partial charge on any atom is -0.493 e. The van der Waals surface area contributed by atoms with Gasteiger partial charge in [-0.25, -0.2) is 0 Å². The molecule has 8 heteroatoms. The maximum Gasteiger partial charge on any atom is 0.387 e. The second kappa shape index (κ2) is 9.22. The lowest BCUT2D eigenvalue weighted by Crippen LogP contribution is -2.28. The molecule has 1 N–H and O–H groups in total. The second-order valence-electron chi connectivity index (χ2n) is 5.07. The van der Waals surface area contributed by atoms with E-state index in [1.165, 1.54) is 31.4 Å². The normalized spacial score (nSPS) is 10.1. The van der Waals surface area contributed by atoms with E-state index in [4.69, 9.17) is 14.7 Å². The van der Waals surface area contributed by atoms with Crippen molar-refractivity contribution in [3.8, 4) is 23.3 Å². The van der Waals surface area contributed by atoms with Gasteiger partial charge in [-0.1, -0.05) is 12.1 Å². The topological polar surface area (TPSA) is 80.6 Å². The molecule has 1 amide bonds. The summed E-state index contributed by atoms with van der Waals surface area (Å²) in [6.07, 6.45) is 0. The number of halogens is 2. The van der Waals surface area contributed by atoms with Crippen LogP contribution in [0.4, 0.5) is 8.78 Å². The summed E-state index contributed by atoms with van der Waals surface area (Å²) in [4.78, 5) is 11.9. The van der Waals surface area contributed by atoms with Crippen LogP contribution in [0.5, 0.6) is 17.2 Å². The summed E-state index contributed by atoms with van der Waals surface area (Å²) in [5, 5.41) is 11.5. The van der Waals surface area contributed by atoms with Crippen molar-refractivity contribution in [3.05, 3.63) is 53.6 Å². The third-order valence-corrected chi connectivity index (χ3v) is 3.27. The van der Waals surface area contributed by atoms with Gasteiger partial charge in [0, 0.05) is 6.54 Å². The van der Waals surface area contributed by atoms with Crippen molar-refractivity contribution in [1.82, 2.24) is 5.32 Å². The average molecular weight is 362 g/mol. The molecule has 0 aromatic heterocycles. The number of rotatable bonds is 8. The third kappa shape index (κ3) is 5.63. The van der Waals surface area contributed by atoms with Crippen LogP contribution in [0.2, 0.25) is 0 Å². The van der Waals surface area contributed by atoms with Crippen molar-refractivity contribution >= 4 is 5.91 Å². The van der Waals surface area contributed by atoms with E-state index in [9.17, 15) is 13.6 Å². The van der Waals surface area contributed by atoms with Gasteiger partial charge in [0.1, 0.15) is 5.75 Å². The van der Waals surface area contributed by atoms with Crippen molar-refractivity contribution < 1.29 is 27.8 Å². The number of carbonyl (C=O) groups is 1. The second-order valence-corrected chi connectivity index (χ2v) is 5.07. The van der Waals surface area contributed by atoms with Gasteiger partial charge in [-0.3, -0.25) is 4.79 Å². The SMILES string of the molecule is COc1cc(CNC(=O)COc2cccc(C#N)c2)ccc1OC(F)F. The number of carbonyl (C=O) groups excluding carboxylic acids is 1. The van der Waals surface area contributed by atoms with E-state index in [1.54, 1.807) is 18.2 Å². The molecule has 136 valence electrons. The van der Waals surface area contributed by atoms with Gasteiger partial charge in [0.15, 0.2) is 18.1 Å². The molecule has 0 aliphatic carbocycles. The smallest absolute Gasteiger partial charge is 0.387 e. The van der Waals surface area contributed by atoms with Crippen LogP contribution in [-0.4, -0.2) is 26.2 Å². The lowest BCUT2D eigenvalue weighted by atomic mass is 10.2. The fourth-order valence-electron chi connectivity index (χ4n) is 2.07. The van der Waals surface area contributed by atoms with E-state index in [-0.39, 0.29) is 30.6 Å². The Labute approximate surface area is 148 Å². The number of alkyl halides is 2. The van der Waals surface area contributed by atoms with Gasteiger partial charge in [-0.2, -0.15) is 14.0 Å². The van der Waals surface area contributed by atoms with Gasteiger partial charge in [-0.05, 0) is 35.9 Å². The maximum atomic E-state index is 12.3. The molecule has 0 atom stereocenters. The summed E-state index contributed by atoms with van der Waals surface area (Å²) in [5.41, 5.74) is 1.07. The average Bonchev–Trinajstić information content (AvgIpc) is 2.65. The number of methoxy groups -OCH3 is 1. The number of amides is 1. The van der Waals surface area contributed by atoms with Crippen molar-refractivity contribution in [2.24, 2.45) is 0 Å². The van der Waals surface area contributed by atoms with Gasteiger partial charge < -0.3 is 19.5 Å². The fourth-order valence-corrected chi connectivity index (χ4v) is 2.07. The standard InChI is InChI=1S/C18H16F2N2O4/c1-24-16-8-13(5-6-15(16)26-18(19)20)10-22-17(23)11-25-14-4-2-3-12(7-14)9-21/h2-8,18H,10-11H2,1H3,(H,22,23). The van der Waals surface area contributed by atoms with Crippen LogP contribution >= 0.6 is 0 Å². The van der Waals surface area contributed by atoms with E-state index in [1.807, 2.05) is 6.07 Å². The van der Waals surface area contributed by atoms with Gasteiger partial charge in [0.05, 0.1) is 18.7 Å². The summed E-state index contributed by atoms with van der Waals surface area (Å²) in [7, 11) is 1.33. The highest BCUT2D eigenvalue weighted by atomic mass is 19.3. The quantitative estimate of drug-likeness (QED) is 0.781. The molecular formula is C18H16F2N2O4. The summed E-state index contributed by atoms with van der Waals surface area (Å²) in [6.45, 7) is -3.02. The monoisotopic (exact) mass is 362 g/mol. The largest absolute Gasteiger partial charge is 0.493 e. The van der Waals surface area contributed by atoms with E-state index in [0.29, 0.717) is 16.9 Å². The molecule has 0 saturated carbocycles. The first kappa shape index (κ1) is 19.0. The zero-order valence-electron chi connectivity index (χ0n) is 13.9. The van der Waals surface area contributed by atoms with Crippen LogP contribution in [-0.2, 0) is 11.3 Å². The number of hydrogen-bond acceptors (Lipinski definition) is 5. The van der Waals surface area contributed by atoms with Gasteiger partial charge in [0.25, 0.3) is 5.91 Å². The molecule has 6 nitrogen and oxygen atoms in total. The predicted octanol–water partition coefficient (Wildman–Crippen LogP) is 2.86. The van der Waals surface area contributed by atoms with Crippen molar-refractivity contribution in [1.29, 1.82) is 5.26 Å².